The van der Waals surface area contributed by atoms with Crippen molar-refractivity contribution in [2.45, 2.75) is 25.8 Å². The Labute approximate surface area is 172 Å². The quantitative estimate of drug-likeness (QED) is 0.780. The molecule has 1 atom stereocenters. The van der Waals surface area contributed by atoms with E-state index >= 15 is 0 Å². The summed E-state index contributed by atoms with van der Waals surface area (Å²) in [6, 6.07) is 16.4. The second-order valence-electron chi connectivity index (χ2n) is 7.87. The molecule has 0 aromatic heterocycles. The van der Waals surface area contributed by atoms with Crippen molar-refractivity contribution in [3.63, 3.8) is 0 Å². The highest BCUT2D eigenvalue weighted by Crippen LogP contribution is 2.24. The molecular weight excluding hydrogens is 370 g/mol. The number of amides is 1. The minimum atomic E-state index is 0.103. The lowest BCUT2D eigenvalue weighted by Gasteiger charge is -2.44. The normalized spacial score (nSPS) is 21.0. The Bertz CT molecular complexity index is 832. The first kappa shape index (κ1) is 19.3. The number of halogens is 1. The number of anilines is 1. The third kappa shape index (κ3) is 4.18. The molecule has 2 aromatic rings. The van der Waals surface area contributed by atoms with E-state index in [-0.39, 0.29) is 5.91 Å². The number of hydrogen-bond donors (Lipinski definition) is 0. The molecule has 4 nitrogen and oxygen atoms in total. The summed E-state index contributed by atoms with van der Waals surface area (Å²) in [6.07, 6.45) is 2.23. The van der Waals surface area contributed by atoms with Crippen LogP contribution < -0.4 is 4.90 Å². The molecule has 2 aliphatic rings. The zero-order chi connectivity index (χ0) is 19.5. The molecule has 0 saturated carbocycles. The molecule has 2 fully saturated rings. The fraction of sp³-hybridized carbons (Fsp3) is 0.435. The molecule has 5 heteroatoms. The van der Waals surface area contributed by atoms with Crippen LogP contribution >= 0.6 is 11.6 Å². The summed E-state index contributed by atoms with van der Waals surface area (Å²) in [4.78, 5) is 20.0. The van der Waals surface area contributed by atoms with Crippen molar-refractivity contribution in [3.05, 3.63) is 64.7 Å². The van der Waals surface area contributed by atoms with Gasteiger partial charge in [0.15, 0.2) is 0 Å². The number of likely N-dealkylation sites (tertiary alicyclic amines) is 1. The van der Waals surface area contributed by atoms with Gasteiger partial charge < -0.3 is 9.80 Å². The molecule has 0 aliphatic carbocycles. The summed E-state index contributed by atoms with van der Waals surface area (Å²) < 4.78 is 0. The Balaban J connectivity index is 1.37. The van der Waals surface area contributed by atoms with Gasteiger partial charge in [0.1, 0.15) is 0 Å². The van der Waals surface area contributed by atoms with Gasteiger partial charge in [-0.05, 0) is 49.6 Å². The number of aryl methyl sites for hydroxylation is 1. The number of piperazine rings is 1. The summed E-state index contributed by atoms with van der Waals surface area (Å²) in [5.41, 5.74) is 3.38. The molecule has 0 bridgehead atoms. The molecule has 2 aromatic carbocycles. The molecule has 2 aliphatic heterocycles. The van der Waals surface area contributed by atoms with Crippen molar-refractivity contribution in [2.24, 2.45) is 0 Å². The maximum atomic E-state index is 12.9. The summed E-state index contributed by atoms with van der Waals surface area (Å²) in [5, 5.41) is 0.617. The maximum Gasteiger partial charge on any atom is 0.253 e. The topological polar surface area (TPSA) is 26.8 Å². The average Bonchev–Trinajstić information content (AvgIpc) is 2.74. The third-order valence-corrected chi connectivity index (χ3v) is 6.28. The highest BCUT2D eigenvalue weighted by Gasteiger charge is 2.30. The first-order chi connectivity index (χ1) is 13.6. The van der Waals surface area contributed by atoms with Gasteiger partial charge in [-0.3, -0.25) is 9.69 Å². The van der Waals surface area contributed by atoms with Gasteiger partial charge in [-0.1, -0.05) is 35.9 Å². The van der Waals surface area contributed by atoms with Gasteiger partial charge in [0, 0.05) is 61.6 Å². The number of benzene rings is 2. The average molecular weight is 398 g/mol. The predicted molar refractivity (Wildman–Crippen MR) is 115 cm³/mol. The van der Waals surface area contributed by atoms with Crippen molar-refractivity contribution in [1.82, 2.24) is 9.80 Å². The van der Waals surface area contributed by atoms with E-state index in [0.717, 1.165) is 45.7 Å². The summed E-state index contributed by atoms with van der Waals surface area (Å²) in [5.74, 6) is 0.103. The Morgan fingerprint density at radius 3 is 2.54 bits per heavy atom. The molecule has 4 rings (SSSR count). The summed E-state index contributed by atoms with van der Waals surface area (Å²) >= 11 is 6.07. The third-order valence-electron chi connectivity index (χ3n) is 6.04. The van der Waals surface area contributed by atoms with Gasteiger partial charge in [0.25, 0.3) is 5.91 Å². The van der Waals surface area contributed by atoms with Crippen LogP contribution in [0.3, 0.4) is 0 Å². The standard InChI is InChI=1S/C23H28ClN3O/c1-18-6-2-3-10-22(18)26-14-12-25(13-15-26)21-9-5-11-27(17-21)23(28)19-7-4-8-20(24)16-19/h2-4,6-8,10,16,21H,5,9,11-15,17H2,1H3. The largest absolute Gasteiger partial charge is 0.369 e. The second kappa shape index (κ2) is 8.54. The lowest BCUT2D eigenvalue weighted by molar-refractivity contribution is 0.0563. The van der Waals surface area contributed by atoms with Crippen LogP contribution in [-0.4, -0.2) is 61.0 Å². The first-order valence-electron chi connectivity index (χ1n) is 10.2. The van der Waals surface area contributed by atoms with Gasteiger partial charge in [-0.15, -0.1) is 0 Å². The molecule has 0 spiro atoms. The lowest BCUT2D eigenvalue weighted by Crippen LogP contribution is -2.56. The van der Waals surface area contributed by atoms with Gasteiger partial charge in [0.2, 0.25) is 0 Å². The highest BCUT2D eigenvalue weighted by molar-refractivity contribution is 6.30. The van der Waals surface area contributed by atoms with Crippen LogP contribution in [0.4, 0.5) is 5.69 Å². The zero-order valence-corrected chi connectivity index (χ0v) is 17.2. The predicted octanol–water partition coefficient (Wildman–Crippen LogP) is 4.08. The number of hydrogen-bond acceptors (Lipinski definition) is 3. The molecule has 2 heterocycles. The van der Waals surface area contributed by atoms with Crippen LogP contribution in [0.1, 0.15) is 28.8 Å². The molecule has 2 saturated heterocycles. The second-order valence-corrected chi connectivity index (χ2v) is 8.30. The fourth-order valence-corrected chi connectivity index (χ4v) is 4.68. The van der Waals surface area contributed by atoms with Crippen molar-refractivity contribution in [2.75, 3.05) is 44.2 Å². The Morgan fingerprint density at radius 2 is 1.79 bits per heavy atom. The van der Waals surface area contributed by atoms with E-state index in [2.05, 4.69) is 41.0 Å². The molecule has 148 valence electrons. The van der Waals surface area contributed by atoms with Crippen molar-refractivity contribution in [1.29, 1.82) is 0 Å². The van der Waals surface area contributed by atoms with Crippen LogP contribution in [0.15, 0.2) is 48.5 Å². The van der Waals surface area contributed by atoms with E-state index in [9.17, 15) is 4.79 Å². The van der Waals surface area contributed by atoms with Crippen LogP contribution in [-0.2, 0) is 0 Å². The van der Waals surface area contributed by atoms with Crippen LogP contribution in [0.25, 0.3) is 0 Å². The van der Waals surface area contributed by atoms with E-state index in [1.807, 2.05) is 23.1 Å². The molecule has 1 amide bonds. The number of carbonyl (C=O) groups excluding carboxylic acids is 1. The molecule has 0 N–H and O–H groups in total. The minimum Gasteiger partial charge on any atom is -0.369 e. The SMILES string of the molecule is Cc1ccccc1N1CCN(C2CCCN(C(=O)c3cccc(Cl)c3)C2)CC1. The number of piperidine rings is 1. The van der Waals surface area contributed by atoms with Crippen molar-refractivity contribution in [3.8, 4) is 0 Å². The molecule has 0 radical (unpaired) electrons. The molecular formula is C23H28ClN3O. The van der Waals surface area contributed by atoms with Gasteiger partial charge >= 0.3 is 0 Å². The molecule has 28 heavy (non-hydrogen) atoms. The van der Waals surface area contributed by atoms with Crippen LogP contribution in [0.5, 0.6) is 0 Å². The minimum absolute atomic E-state index is 0.103. The van der Waals surface area contributed by atoms with Crippen LogP contribution in [0, 0.1) is 6.92 Å². The van der Waals surface area contributed by atoms with Gasteiger partial charge in [-0.25, -0.2) is 0 Å². The number of rotatable bonds is 3. The van der Waals surface area contributed by atoms with E-state index in [1.54, 1.807) is 6.07 Å². The highest BCUT2D eigenvalue weighted by atomic mass is 35.5. The maximum absolute atomic E-state index is 12.9. The van der Waals surface area contributed by atoms with E-state index in [0.29, 0.717) is 16.6 Å². The fourth-order valence-electron chi connectivity index (χ4n) is 4.49. The van der Waals surface area contributed by atoms with Gasteiger partial charge in [0.05, 0.1) is 0 Å². The molecule has 1 unspecified atom stereocenters. The Morgan fingerprint density at radius 1 is 1.00 bits per heavy atom. The lowest BCUT2D eigenvalue weighted by atomic mass is 10.0. The summed E-state index contributed by atoms with van der Waals surface area (Å²) in [6.45, 7) is 8.03. The first-order valence-corrected chi connectivity index (χ1v) is 10.6. The smallest absolute Gasteiger partial charge is 0.253 e. The van der Waals surface area contributed by atoms with Gasteiger partial charge in [-0.2, -0.15) is 0 Å². The van der Waals surface area contributed by atoms with E-state index in [1.165, 1.54) is 17.7 Å². The summed E-state index contributed by atoms with van der Waals surface area (Å²) in [7, 11) is 0. The Kier molecular flexibility index (Phi) is 5.88. The Hall–Kier alpha value is -2.04. The van der Waals surface area contributed by atoms with E-state index in [4.69, 9.17) is 11.6 Å². The van der Waals surface area contributed by atoms with Crippen molar-refractivity contribution < 1.29 is 4.79 Å². The number of carbonyl (C=O) groups is 1. The van der Waals surface area contributed by atoms with E-state index < -0.39 is 0 Å². The monoisotopic (exact) mass is 397 g/mol. The van der Waals surface area contributed by atoms with Crippen molar-refractivity contribution >= 4 is 23.2 Å². The zero-order valence-electron chi connectivity index (χ0n) is 16.5. The number of para-hydroxylation sites is 1. The van der Waals surface area contributed by atoms with Crippen LogP contribution in [0.2, 0.25) is 5.02 Å². The number of nitrogens with zero attached hydrogens (tertiary/aromatic N) is 3.